The monoisotopic (exact) mass is 678 g/mol. The van der Waals surface area contributed by atoms with E-state index in [2.05, 4.69) is 5.32 Å². The second-order valence-electron chi connectivity index (χ2n) is 10.6. The fourth-order valence-corrected chi connectivity index (χ4v) is 6.14. The number of carbonyl (C=O) groups excluding carboxylic acids is 3. The SMILES string of the molecule is COc1cc(C=O)cc2c1O[C@@H]1[C@@H](O)[C@H](N(Cc3ccc(Cl)cc3Cl)C(=O)c3ccc(C(F)(F)F)cc3)C=C(C(=O)NCCO)[C@H]21. The van der Waals surface area contributed by atoms with Crippen LogP contribution >= 0.6 is 23.2 Å². The van der Waals surface area contributed by atoms with Gasteiger partial charge in [0.05, 0.1) is 31.2 Å². The molecule has 0 spiro atoms. The van der Waals surface area contributed by atoms with Gasteiger partial charge in [0.25, 0.3) is 5.91 Å². The number of aldehydes is 1. The van der Waals surface area contributed by atoms with Crippen molar-refractivity contribution >= 4 is 41.3 Å². The Kier molecular flexibility index (Phi) is 9.64. The molecule has 14 heteroatoms. The minimum absolute atomic E-state index is 0.0602. The number of amides is 2. The van der Waals surface area contributed by atoms with Gasteiger partial charge in [-0.15, -0.1) is 0 Å². The lowest BCUT2D eigenvalue weighted by atomic mass is 9.77. The average molecular weight is 679 g/mol. The Hall–Kier alpha value is -4.10. The molecule has 2 amide bonds. The van der Waals surface area contributed by atoms with Crippen LogP contribution in [0, 0.1) is 0 Å². The maximum absolute atomic E-state index is 14.1. The van der Waals surface area contributed by atoms with Gasteiger partial charge in [-0.2, -0.15) is 13.2 Å². The van der Waals surface area contributed by atoms with Crippen LogP contribution in [0.2, 0.25) is 10.0 Å². The van der Waals surface area contributed by atoms with E-state index in [1.807, 2.05) is 0 Å². The third-order valence-electron chi connectivity index (χ3n) is 7.85. The largest absolute Gasteiger partial charge is 0.493 e. The molecule has 3 aromatic rings. The van der Waals surface area contributed by atoms with Gasteiger partial charge in [-0.3, -0.25) is 14.4 Å². The zero-order valence-corrected chi connectivity index (χ0v) is 25.6. The van der Waals surface area contributed by atoms with Crippen molar-refractivity contribution in [2.45, 2.75) is 36.9 Å². The average Bonchev–Trinajstić information content (AvgIpc) is 3.43. The van der Waals surface area contributed by atoms with E-state index in [0.717, 1.165) is 24.3 Å². The summed E-state index contributed by atoms with van der Waals surface area (Å²) >= 11 is 12.5. The Labute approximate surface area is 271 Å². The molecule has 1 heterocycles. The van der Waals surface area contributed by atoms with Crippen molar-refractivity contribution in [1.82, 2.24) is 10.2 Å². The zero-order valence-electron chi connectivity index (χ0n) is 24.1. The third-order valence-corrected chi connectivity index (χ3v) is 8.43. The highest BCUT2D eigenvalue weighted by molar-refractivity contribution is 6.35. The summed E-state index contributed by atoms with van der Waals surface area (Å²) in [6.07, 6.45) is -5.33. The van der Waals surface area contributed by atoms with Gasteiger partial charge in [0.1, 0.15) is 18.5 Å². The molecule has 3 N–H and O–H groups in total. The van der Waals surface area contributed by atoms with Crippen molar-refractivity contribution < 1.29 is 47.2 Å². The van der Waals surface area contributed by atoms with E-state index in [-0.39, 0.29) is 52.9 Å². The van der Waals surface area contributed by atoms with Crippen LogP contribution in [0.1, 0.15) is 43.3 Å². The Morgan fingerprint density at radius 2 is 1.83 bits per heavy atom. The van der Waals surface area contributed by atoms with Gasteiger partial charge in [-0.1, -0.05) is 29.3 Å². The number of methoxy groups -OCH3 is 1. The van der Waals surface area contributed by atoms with Crippen LogP contribution in [0.5, 0.6) is 11.5 Å². The molecule has 9 nitrogen and oxygen atoms in total. The van der Waals surface area contributed by atoms with Gasteiger partial charge in [-0.25, -0.2) is 0 Å². The van der Waals surface area contributed by atoms with Gasteiger partial charge in [0.15, 0.2) is 11.5 Å². The smallest absolute Gasteiger partial charge is 0.416 e. The van der Waals surface area contributed by atoms with Crippen LogP contribution in [0.4, 0.5) is 13.2 Å². The molecule has 1 aliphatic heterocycles. The number of ether oxygens (including phenoxy) is 2. The van der Waals surface area contributed by atoms with E-state index in [1.54, 1.807) is 6.07 Å². The lowest BCUT2D eigenvalue weighted by Crippen LogP contribution is -2.55. The quantitative estimate of drug-likeness (QED) is 0.278. The van der Waals surface area contributed by atoms with Crippen LogP contribution in [0.25, 0.3) is 0 Å². The van der Waals surface area contributed by atoms with Crippen molar-refractivity contribution in [1.29, 1.82) is 0 Å². The molecule has 0 fully saturated rings. The molecule has 4 atom stereocenters. The highest BCUT2D eigenvalue weighted by Crippen LogP contribution is 2.51. The van der Waals surface area contributed by atoms with Crippen molar-refractivity contribution in [3.8, 4) is 11.5 Å². The van der Waals surface area contributed by atoms with Gasteiger partial charge in [0, 0.05) is 45.4 Å². The van der Waals surface area contributed by atoms with E-state index >= 15 is 0 Å². The summed E-state index contributed by atoms with van der Waals surface area (Å²) in [5.41, 5.74) is -0.0162. The predicted octanol–water partition coefficient (Wildman–Crippen LogP) is 4.80. The number of hydrogen-bond acceptors (Lipinski definition) is 7. The van der Waals surface area contributed by atoms with Crippen molar-refractivity contribution in [3.05, 3.63) is 104 Å². The predicted molar refractivity (Wildman–Crippen MR) is 161 cm³/mol. The molecular formula is C32H27Cl2F3N2O7. The number of rotatable bonds is 9. The molecule has 0 saturated carbocycles. The fourth-order valence-electron chi connectivity index (χ4n) is 5.67. The molecule has 0 bridgehead atoms. The second-order valence-corrected chi connectivity index (χ2v) is 11.5. The van der Waals surface area contributed by atoms with Crippen molar-refractivity contribution in [2.24, 2.45) is 0 Å². The summed E-state index contributed by atoms with van der Waals surface area (Å²) < 4.78 is 51.4. The second kappa shape index (κ2) is 13.3. The number of benzene rings is 3. The number of carbonyl (C=O) groups is 3. The summed E-state index contributed by atoms with van der Waals surface area (Å²) in [5, 5.41) is 24.3. The number of nitrogens with one attached hydrogen (secondary N) is 1. The van der Waals surface area contributed by atoms with Crippen LogP contribution < -0.4 is 14.8 Å². The summed E-state index contributed by atoms with van der Waals surface area (Å²) in [6.45, 7) is -0.730. The molecule has 2 aliphatic rings. The van der Waals surface area contributed by atoms with E-state index in [4.69, 9.17) is 32.7 Å². The molecule has 46 heavy (non-hydrogen) atoms. The minimum atomic E-state index is -4.63. The van der Waals surface area contributed by atoms with Crippen molar-refractivity contribution in [3.63, 3.8) is 0 Å². The summed E-state index contributed by atoms with van der Waals surface area (Å²) in [4.78, 5) is 40.5. The first-order valence-corrected chi connectivity index (χ1v) is 14.7. The Bertz CT molecular complexity index is 1700. The topological polar surface area (TPSA) is 125 Å². The number of halogens is 5. The summed E-state index contributed by atoms with van der Waals surface area (Å²) in [6, 6.07) is 9.79. The number of fused-ring (bicyclic) bond motifs is 3. The molecule has 0 unspecified atom stereocenters. The van der Waals surface area contributed by atoms with Gasteiger partial charge >= 0.3 is 6.18 Å². The normalized spacial score (nSPS) is 20.1. The zero-order chi connectivity index (χ0) is 33.3. The number of nitrogens with zero attached hydrogens (tertiary/aromatic N) is 1. The lowest BCUT2D eigenvalue weighted by molar-refractivity contribution is -0.137. The highest BCUT2D eigenvalue weighted by atomic mass is 35.5. The maximum Gasteiger partial charge on any atom is 0.416 e. The number of alkyl halides is 3. The number of aliphatic hydroxyl groups is 2. The third kappa shape index (κ3) is 6.43. The highest BCUT2D eigenvalue weighted by Gasteiger charge is 2.51. The van der Waals surface area contributed by atoms with Crippen LogP contribution in [-0.2, 0) is 17.5 Å². The standard InChI is InChI=1S/C32H27Cl2F3N2O7/c1-45-25-11-16(15-41)10-21-26-22(30(43)38-8-9-40)13-24(27(42)29(26)46-28(21)25)39(14-18-4-7-20(33)12-23(18)34)31(44)17-2-5-19(6-3-17)32(35,36)37/h2-7,10-13,15,24,26-27,29,40,42H,8-9,14H2,1H3,(H,38,43)/t24-,26+,27+,29+/m1/s1. The number of hydrogen-bond donors (Lipinski definition) is 3. The molecule has 5 rings (SSSR count). The van der Waals surface area contributed by atoms with E-state index in [0.29, 0.717) is 22.4 Å². The molecule has 3 aromatic carbocycles. The van der Waals surface area contributed by atoms with E-state index in [1.165, 1.54) is 42.4 Å². The molecule has 242 valence electrons. The van der Waals surface area contributed by atoms with Crippen LogP contribution in [0.3, 0.4) is 0 Å². The molecule has 0 radical (unpaired) electrons. The minimum Gasteiger partial charge on any atom is -0.493 e. The van der Waals surface area contributed by atoms with Crippen LogP contribution in [0.15, 0.2) is 66.2 Å². The first-order chi connectivity index (χ1) is 21.9. The Morgan fingerprint density at radius 1 is 1.11 bits per heavy atom. The van der Waals surface area contributed by atoms with Gasteiger partial charge in [0.2, 0.25) is 5.91 Å². The van der Waals surface area contributed by atoms with Gasteiger partial charge in [-0.05, 0) is 60.2 Å². The van der Waals surface area contributed by atoms with E-state index in [9.17, 15) is 37.8 Å². The van der Waals surface area contributed by atoms with E-state index < -0.39 is 47.7 Å². The van der Waals surface area contributed by atoms with Gasteiger partial charge < -0.3 is 29.9 Å². The molecular weight excluding hydrogens is 652 g/mol. The van der Waals surface area contributed by atoms with Crippen molar-refractivity contribution in [2.75, 3.05) is 20.3 Å². The summed E-state index contributed by atoms with van der Waals surface area (Å²) in [7, 11) is 1.36. The number of aliphatic hydroxyl groups excluding tert-OH is 2. The molecule has 1 aliphatic carbocycles. The first-order valence-electron chi connectivity index (χ1n) is 13.9. The molecule has 0 saturated heterocycles. The lowest BCUT2D eigenvalue weighted by Gasteiger charge is -2.41. The Balaban J connectivity index is 1.64. The summed E-state index contributed by atoms with van der Waals surface area (Å²) in [5.74, 6) is -1.97. The maximum atomic E-state index is 14.1. The Morgan fingerprint density at radius 3 is 2.43 bits per heavy atom. The fraction of sp³-hybridized carbons (Fsp3) is 0.281. The molecule has 0 aromatic heterocycles. The first kappa shape index (κ1) is 33.3. The van der Waals surface area contributed by atoms with Crippen LogP contribution in [-0.4, -0.2) is 71.7 Å².